The van der Waals surface area contributed by atoms with Crippen LogP contribution in [0.2, 0.25) is 0 Å². The monoisotopic (exact) mass is 453 g/mol. The van der Waals surface area contributed by atoms with Crippen LogP contribution in [-0.4, -0.2) is 51.3 Å². The molecular formula is C23H24FN5O4. The van der Waals surface area contributed by atoms with E-state index in [0.29, 0.717) is 24.6 Å². The molecule has 0 saturated carbocycles. The summed E-state index contributed by atoms with van der Waals surface area (Å²) in [6.45, 7) is 7.00. The normalized spacial score (nSPS) is 19.6. The fourth-order valence-electron chi connectivity index (χ4n) is 4.71. The number of carboxylic acids is 1. The SMILES string of the molecule is Cc1cc(C)nc(N[C@H]2CCN(c3c(F)cc4c(=O)c(C(=O)O)cn5c4c3OC[C@@H]5C)C2)n1. The summed E-state index contributed by atoms with van der Waals surface area (Å²) in [5.41, 5.74) is 1.35. The average molecular weight is 453 g/mol. The van der Waals surface area contributed by atoms with Crippen LogP contribution < -0.4 is 20.4 Å². The van der Waals surface area contributed by atoms with Gasteiger partial charge in [-0.25, -0.2) is 19.2 Å². The van der Waals surface area contributed by atoms with Crippen molar-refractivity contribution in [3.8, 4) is 5.75 Å². The third kappa shape index (κ3) is 3.55. The lowest BCUT2D eigenvalue weighted by atomic mass is 10.1. The van der Waals surface area contributed by atoms with Gasteiger partial charge in [0, 0.05) is 36.7 Å². The van der Waals surface area contributed by atoms with E-state index in [4.69, 9.17) is 4.74 Å². The second-order valence-corrected chi connectivity index (χ2v) is 8.73. The first-order valence-corrected chi connectivity index (χ1v) is 10.8. The number of halogens is 1. The molecule has 0 bridgehead atoms. The van der Waals surface area contributed by atoms with Crippen molar-refractivity contribution in [2.45, 2.75) is 39.3 Å². The quantitative estimate of drug-likeness (QED) is 0.621. The molecule has 1 fully saturated rings. The van der Waals surface area contributed by atoms with Gasteiger partial charge in [0.15, 0.2) is 11.6 Å². The zero-order valence-corrected chi connectivity index (χ0v) is 18.6. The van der Waals surface area contributed by atoms with Gasteiger partial charge in [0.25, 0.3) is 0 Å². The van der Waals surface area contributed by atoms with Crippen LogP contribution in [0.1, 0.15) is 41.1 Å². The van der Waals surface area contributed by atoms with Gasteiger partial charge in [0.2, 0.25) is 11.4 Å². The molecule has 3 aromatic rings. The summed E-state index contributed by atoms with van der Waals surface area (Å²) < 4.78 is 23.0. The number of anilines is 2. The van der Waals surface area contributed by atoms with E-state index in [1.54, 1.807) is 4.57 Å². The number of rotatable bonds is 4. The molecule has 1 saturated heterocycles. The maximum absolute atomic E-state index is 15.4. The molecule has 2 aliphatic heterocycles. The van der Waals surface area contributed by atoms with Crippen LogP contribution in [0.3, 0.4) is 0 Å². The topological polar surface area (TPSA) is 110 Å². The average Bonchev–Trinajstić information content (AvgIpc) is 3.18. The zero-order valence-electron chi connectivity index (χ0n) is 18.6. The van der Waals surface area contributed by atoms with Crippen molar-refractivity contribution in [1.29, 1.82) is 0 Å². The van der Waals surface area contributed by atoms with Crippen LogP contribution in [0, 0.1) is 19.7 Å². The Kier molecular flexibility index (Phi) is 4.95. The third-order valence-corrected chi connectivity index (χ3v) is 6.19. The van der Waals surface area contributed by atoms with Gasteiger partial charge in [0.05, 0.1) is 16.9 Å². The maximum atomic E-state index is 15.4. The van der Waals surface area contributed by atoms with Gasteiger partial charge >= 0.3 is 5.97 Å². The second kappa shape index (κ2) is 7.72. The van der Waals surface area contributed by atoms with E-state index < -0.39 is 17.2 Å². The van der Waals surface area contributed by atoms with Gasteiger partial charge < -0.3 is 24.6 Å². The van der Waals surface area contributed by atoms with E-state index in [0.717, 1.165) is 23.9 Å². The fraction of sp³-hybridized carbons (Fsp3) is 0.391. The van der Waals surface area contributed by atoms with Crippen molar-refractivity contribution in [3.63, 3.8) is 0 Å². The number of nitrogens with one attached hydrogen (secondary N) is 1. The summed E-state index contributed by atoms with van der Waals surface area (Å²) in [6.07, 6.45) is 2.07. The Labute approximate surface area is 188 Å². The Morgan fingerprint density at radius 2 is 2.00 bits per heavy atom. The Morgan fingerprint density at radius 3 is 2.70 bits per heavy atom. The van der Waals surface area contributed by atoms with E-state index >= 15 is 4.39 Å². The van der Waals surface area contributed by atoms with Crippen molar-refractivity contribution in [3.05, 3.63) is 51.3 Å². The van der Waals surface area contributed by atoms with E-state index in [-0.39, 0.29) is 41.1 Å². The van der Waals surface area contributed by atoms with Crippen molar-refractivity contribution in [1.82, 2.24) is 14.5 Å². The smallest absolute Gasteiger partial charge is 0.341 e. The van der Waals surface area contributed by atoms with Gasteiger partial charge in [0.1, 0.15) is 17.9 Å². The first-order valence-electron chi connectivity index (χ1n) is 10.8. The summed E-state index contributed by atoms with van der Waals surface area (Å²) in [6, 6.07) is 2.84. The number of pyridine rings is 1. The molecule has 2 aromatic heterocycles. The number of carboxylic acid groups (broad SMARTS) is 1. The van der Waals surface area contributed by atoms with Crippen LogP contribution in [0.5, 0.6) is 5.75 Å². The van der Waals surface area contributed by atoms with E-state index in [1.165, 1.54) is 6.20 Å². The molecule has 4 heterocycles. The Hall–Kier alpha value is -3.69. The molecule has 33 heavy (non-hydrogen) atoms. The van der Waals surface area contributed by atoms with E-state index in [2.05, 4.69) is 15.3 Å². The molecule has 172 valence electrons. The predicted octanol–water partition coefficient (Wildman–Crippen LogP) is 2.89. The summed E-state index contributed by atoms with van der Waals surface area (Å²) >= 11 is 0. The Bertz CT molecular complexity index is 1330. The molecule has 9 nitrogen and oxygen atoms in total. The minimum absolute atomic E-state index is 0.00703. The molecule has 0 spiro atoms. The third-order valence-electron chi connectivity index (χ3n) is 6.19. The van der Waals surface area contributed by atoms with Gasteiger partial charge in [-0.2, -0.15) is 0 Å². The lowest BCUT2D eigenvalue weighted by Crippen LogP contribution is -2.30. The number of hydrogen-bond acceptors (Lipinski definition) is 7. The summed E-state index contributed by atoms with van der Waals surface area (Å²) in [5.74, 6) is -1.13. The molecule has 2 aliphatic rings. The number of aromatic nitrogens is 3. The van der Waals surface area contributed by atoms with Crippen molar-refractivity contribution in [2.75, 3.05) is 29.9 Å². The van der Waals surface area contributed by atoms with Gasteiger partial charge in [-0.05, 0) is 39.3 Å². The predicted molar refractivity (Wildman–Crippen MR) is 121 cm³/mol. The lowest BCUT2D eigenvalue weighted by molar-refractivity contribution is 0.0694. The standard InChI is InChI=1S/C23H24FN5O4/c1-11-6-12(2)26-23(25-11)27-14-4-5-28(8-14)19-17(24)7-15-18-21(19)33-10-13(3)29(18)9-16(20(15)30)22(31)32/h6-7,9,13-14H,4-5,8,10H2,1-3H3,(H,31,32)(H,25,26,27)/t13-,14-/m0/s1. The summed E-state index contributed by atoms with van der Waals surface area (Å²) in [5, 5.41) is 12.8. The number of hydrogen-bond donors (Lipinski definition) is 2. The molecule has 0 radical (unpaired) electrons. The second-order valence-electron chi connectivity index (χ2n) is 8.73. The number of nitrogens with zero attached hydrogens (tertiary/aromatic N) is 4. The van der Waals surface area contributed by atoms with E-state index in [1.807, 2.05) is 31.7 Å². The first-order chi connectivity index (χ1) is 15.7. The molecule has 0 amide bonds. The summed E-state index contributed by atoms with van der Waals surface area (Å²) in [4.78, 5) is 35.1. The van der Waals surface area contributed by atoms with Crippen LogP contribution >= 0.6 is 0 Å². The maximum Gasteiger partial charge on any atom is 0.341 e. The van der Waals surface area contributed by atoms with Crippen LogP contribution in [0.15, 0.2) is 23.1 Å². The molecular weight excluding hydrogens is 429 g/mol. The molecule has 2 atom stereocenters. The number of aromatic carboxylic acids is 1. The first kappa shape index (κ1) is 21.2. The van der Waals surface area contributed by atoms with Crippen molar-refractivity contribution in [2.24, 2.45) is 0 Å². The van der Waals surface area contributed by atoms with Gasteiger partial charge in [-0.15, -0.1) is 0 Å². The van der Waals surface area contributed by atoms with Crippen molar-refractivity contribution < 1.29 is 19.0 Å². The highest BCUT2D eigenvalue weighted by atomic mass is 19.1. The zero-order chi connectivity index (χ0) is 23.4. The van der Waals surface area contributed by atoms with Crippen molar-refractivity contribution >= 4 is 28.5 Å². The highest BCUT2D eigenvalue weighted by molar-refractivity contribution is 5.97. The van der Waals surface area contributed by atoms with E-state index in [9.17, 15) is 14.7 Å². The minimum atomic E-state index is -1.34. The highest BCUT2D eigenvalue weighted by Gasteiger charge is 2.33. The number of benzene rings is 1. The fourth-order valence-corrected chi connectivity index (χ4v) is 4.71. The van der Waals surface area contributed by atoms with Crippen LogP contribution in [-0.2, 0) is 0 Å². The Balaban J connectivity index is 1.54. The molecule has 1 aromatic carbocycles. The van der Waals surface area contributed by atoms with Crippen LogP contribution in [0.4, 0.5) is 16.0 Å². The molecule has 0 unspecified atom stereocenters. The lowest BCUT2D eigenvalue weighted by Gasteiger charge is -2.31. The number of ether oxygens (including phenoxy) is 1. The van der Waals surface area contributed by atoms with Gasteiger partial charge in [-0.3, -0.25) is 4.79 Å². The largest absolute Gasteiger partial charge is 0.487 e. The minimum Gasteiger partial charge on any atom is -0.487 e. The molecule has 0 aliphatic carbocycles. The highest BCUT2D eigenvalue weighted by Crippen LogP contribution is 2.42. The number of carbonyl (C=O) groups is 1. The molecule has 5 rings (SSSR count). The summed E-state index contributed by atoms with van der Waals surface area (Å²) in [7, 11) is 0. The molecule has 10 heteroatoms. The Morgan fingerprint density at radius 1 is 1.27 bits per heavy atom. The van der Waals surface area contributed by atoms with Crippen LogP contribution in [0.25, 0.3) is 10.9 Å². The van der Waals surface area contributed by atoms with Gasteiger partial charge in [-0.1, -0.05) is 0 Å². The molecule has 2 N–H and O–H groups in total. The number of aryl methyl sites for hydroxylation is 2.